The zero-order valence-electron chi connectivity index (χ0n) is 12.1. The van der Waals surface area contributed by atoms with Crippen molar-refractivity contribution in [2.24, 2.45) is 10.9 Å². The number of nitrogens with zero attached hydrogens (tertiary/aromatic N) is 1. The molecule has 1 unspecified atom stereocenters. The first-order chi connectivity index (χ1) is 9.50. The lowest BCUT2D eigenvalue weighted by Gasteiger charge is -2.36. The van der Waals surface area contributed by atoms with Crippen molar-refractivity contribution < 1.29 is 9.94 Å². The van der Waals surface area contributed by atoms with Crippen LogP contribution in [0.5, 0.6) is 0 Å². The minimum Gasteiger partial charge on any atom is -0.409 e. The van der Waals surface area contributed by atoms with Gasteiger partial charge in [0.1, 0.15) is 0 Å². The fraction of sp³-hybridized carbons (Fsp3) is 0.533. The fourth-order valence-corrected chi connectivity index (χ4v) is 2.57. The van der Waals surface area contributed by atoms with E-state index in [1.54, 1.807) is 0 Å². The van der Waals surface area contributed by atoms with Crippen LogP contribution in [0.2, 0.25) is 0 Å². The lowest BCUT2D eigenvalue weighted by molar-refractivity contribution is -0.0630. The Morgan fingerprint density at radius 3 is 3.05 bits per heavy atom. The van der Waals surface area contributed by atoms with Crippen LogP contribution in [0.15, 0.2) is 29.4 Å². The summed E-state index contributed by atoms with van der Waals surface area (Å²) in [6.07, 6.45) is 2.04. The van der Waals surface area contributed by atoms with Crippen LogP contribution in [0.1, 0.15) is 37.8 Å². The van der Waals surface area contributed by atoms with E-state index in [9.17, 15) is 0 Å². The molecule has 0 amide bonds. The molecule has 1 atom stereocenters. The van der Waals surface area contributed by atoms with Crippen molar-refractivity contribution in [3.63, 3.8) is 0 Å². The summed E-state index contributed by atoms with van der Waals surface area (Å²) in [5, 5.41) is 15.3. The van der Waals surface area contributed by atoms with Crippen molar-refractivity contribution in [3.8, 4) is 0 Å². The Kier molecular flexibility index (Phi) is 4.62. The quantitative estimate of drug-likeness (QED) is 0.339. The molecule has 0 saturated carbocycles. The first-order valence-corrected chi connectivity index (χ1v) is 6.94. The number of rotatable bonds is 4. The molecule has 0 radical (unpaired) electrons. The highest BCUT2D eigenvalue weighted by atomic mass is 16.5. The lowest BCUT2D eigenvalue weighted by Crippen LogP contribution is -2.43. The van der Waals surface area contributed by atoms with Gasteiger partial charge < -0.3 is 21.0 Å². The summed E-state index contributed by atoms with van der Waals surface area (Å²) in [5.74, 6) is 0.138. The first-order valence-electron chi connectivity index (χ1n) is 6.94. The standard InChI is InChI=1S/C15H23N3O2/c1-15(2)9-13(6-7-20-15)17-10-11-4-3-5-12(8-11)14(16)18-19/h3-5,8,13,17,19H,6-7,9-10H2,1-2H3,(H2,16,18). The number of hydrogen-bond donors (Lipinski definition) is 3. The number of nitrogens with two attached hydrogens (primary N) is 1. The van der Waals surface area contributed by atoms with Crippen LogP contribution in [0, 0.1) is 0 Å². The molecule has 0 aromatic heterocycles. The molecule has 2 rings (SSSR count). The second-order valence-corrected chi connectivity index (χ2v) is 5.86. The van der Waals surface area contributed by atoms with Gasteiger partial charge in [-0.05, 0) is 38.3 Å². The molecule has 1 aliphatic heterocycles. The maximum atomic E-state index is 8.70. The van der Waals surface area contributed by atoms with Gasteiger partial charge in [-0.2, -0.15) is 0 Å². The first kappa shape index (κ1) is 14.8. The van der Waals surface area contributed by atoms with Crippen molar-refractivity contribution in [2.45, 2.75) is 44.9 Å². The van der Waals surface area contributed by atoms with Gasteiger partial charge in [0.2, 0.25) is 0 Å². The van der Waals surface area contributed by atoms with Gasteiger partial charge >= 0.3 is 0 Å². The molecule has 5 nitrogen and oxygen atoms in total. The highest BCUT2D eigenvalue weighted by Gasteiger charge is 2.28. The van der Waals surface area contributed by atoms with Crippen molar-refractivity contribution in [2.75, 3.05) is 6.61 Å². The van der Waals surface area contributed by atoms with Crippen molar-refractivity contribution in [1.82, 2.24) is 5.32 Å². The molecule has 1 saturated heterocycles. The molecule has 0 spiro atoms. The van der Waals surface area contributed by atoms with Gasteiger partial charge in [-0.25, -0.2) is 0 Å². The summed E-state index contributed by atoms with van der Waals surface area (Å²) < 4.78 is 5.71. The van der Waals surface area contributed by atoms with E-state index in [4.69, 9.17) is 15.7 Å². The van der Waals surface area contributed by atoms with Crippen LogP contribution in [0.3, 0.4) is 0 Å². The Morgan fingerprint density at radius 1 is 1.55 bits per heavy atom. The SMILES string of the molecule is CC1(C)CC(NCc2cccc(/C(N)=N/O)c2)CCO1. The summed E-state index contributed by atoms with van der Waals surface area (Å²) in [4.78, 5) is 0. The van der Waals surface area contributed by atoms with Crippen molar-refractivity contribution >= 4 is 5.84 Å². The molecule has 5 heteroatoms. The minimum absolute atomic E-state index is 0.0499. The van der Waals surface area contributed by atoms with E-state index in [0.717, 1.165) is 37.1 Å². The van der Waals surface area contributed by atoms with Gasteiger partial charge in [-0.1, -0.05) is 23.4 Å². The number of benzene rings is 1. The molecular formula is C15H23N3O2. The third-order valence-electron chi connectivity index (χ3n) is 3.62. The zero-order valence-corrected chi connectivity index (χ0v) is 12.1. The molecule has 1 aromatic carbocycles. The van der Waals surface area contributed by atoms with Gasteiger partial charge in [0.15, 0.2) is 5.84 Å². The normalized spacial score (nSPS) is 22.7. The third-order valence-corrected chi connectivity index (χ3v) is 3.62. The Hall–Kier alpha value is -1.59. The Morgan fingerprint density at radius 2 is 2.35 bits per heavy atom. The van der Waals surface area contributed by atoms with E-state index in [1.807, 2.05) is 24.3 Å². The van der Waals surface area contributed by atoms with Gasteiger partial charge in [0, 0.05) is 24.8 Å². The van der Waals surface area contributed by atoms with Gasteiger partial charge in [0.25, 0.3) is 0 Å². The molecule has 110 valence electrons. The number of oxime groups is 1. The fourth-order valence-electron chi connectivity index (χ4n) is 2.57. The number of nitrogens with one attached hydrogen (secondary N) is 1. The third kappa shape index (κ3) is 3.95. The van der Waals surface area contributed by atoms with E-state index in [2.05, 4.69) is 24.3 Å². The van der Waals surface area contributed by atoms with Crippen LogP contribution in [-0.2, 0) is 11.3 Å². The van der Waals surface area contributed by atoms with E-state index in [0.29, 0.717) is 6.04 Å². The van der Waals surface area contributed by atoms with Gasteiger partial charge in [-0.15, -0.1) is 0 Å². The average Bonchev–Trinajstić information content (AvgIpc) is 2.43. The van der Waals surface area contributed by atoms with Gasteiger partial charge in [0.05, 0.1) is 5.60 Å². The van der Waals surface area contributed by atoms with Crippen LogP contribution >= 0.6 is 0 Å². The second-order valence-electron chi connectivity index (χ2n) is 5.86. The highest BCUT2D eigenvalue weighted by molar-refractivity contribution is 5.97. The summed E-state index contributed by atoms with van der Waals surface area (Å²) >= 11 is 0. The van der Waals surface area contributed by atoms with E-state index in [1.165, 1.54) is 0 Å². The minimum atomic E-state index is -0.0499. The van der Waals surface area contributed by atoms with E-state index in [-0.39, 0.29) is 11.4 Å². The second kappa shape index (κ2) is 6.24. The molecule has 1 aromatic rings. The van der Waals surface area contributed by atoms with Crippen molar-refractivity contribution in [1.29, 1.82) is 0 Å². The molecule has 1 fully saturated rings. The molecular weight excluding hydrogens is 254 g/mol. The van der Waals surface area contributed by atoms with Crippen LogP contribution in [0.25, 0.3) is 0 Å². The average molecular weight is 277 g/mol. The van der Waals surface area contributed by atoms with Crippen LogP contribution in [0.4, 0.5) is 0 Å². The molecule has 0 bridgehead atoms. The number of ether oxygens (including phenoxy) is 1. The highest BCUT2D eigenvalue weighted by Crippen LogP contribution is 2.24. The maximum absolute atomic E-state index is 8.70. The zero-order chi connectivity index (χ0) is 14.6. The molecule has 1 aliphatic rings. The van der Waals surface area contributed by atoms with Crippen LogP contribution in [-0.4, -0.2) is 29.3 Å². The van der Waals surface area contributed by atoms with E-state index >= 15 is 0 Å². The lowest BCUT2D eigenvalue weighted by atomic mass is 9.94. The molecule has 20 heavy (non-hydrogen) atoms. The van der Waals surface area contributed by atoms with E-state index < -0.39 is 0 Å². The van der Waals surface area contributed by atoms with Gasteiger partial charge in [-0.3, -0.25) is 0 Å². The molecule has 4 N–H and O–H groups in total. The topological polar surface area (TPSA) is 79.9 Å². The summed E-state index contributed by atoms with van der Waals surface area (Å²) in [5.41, 5.74) is 7.41. The maximum Gasteiger partial charge on any atom is 0.170 e. The predicted molar refractivity (Wildman–Crippen MR) is 78.8 cm³/mol. The predicted octanol–water partition coefficient (Wildman–Crippen LogP) is 1.83. The Labute approximate surface area is 119 Å². The monoisotopic (exact) mass is 277 g/mol. The molecule has 1 heterocycles. The number of hydrogen-bond acceptors (Lipinski definition) is 4. The van der Waals surface area contributed by atoms with Crippen molar-refractivity contribution in [3.05, 3.63) is 35.4 Å². The Balaban J connectivity index is 1.94. The summed E-state index contributed by atoms with van der Waals surface area (Å²) in [6.45, 7) is 5.82. The van der Waals surface area contributed by atoms with Crippen LogP contribution < -0.4 is 11.1 Å². The summed E-state index contributed by atoms with van der Waals surface area (Å²) in [7, 11) is 0. The number of amidine groups is 1. The smallest absolute Gasteiger partial charge is 0.170 e. The summed E-state index contributed by atoms with van der Waals surface area (Å²) in [6, 6.07) is 8.18. The Bertz CT molecular complexity index is 486. The molecule has 0 aliphatic carbocycles. The largest absolute Gasteiger partial charge is 0.409 e.